The van der Waals surface area contributed by atoms with Gasteiger partial charge in [0.15, 0.2) is 0 Å². The zero-order chi connectivity index (χ0) is 16.1. The van der Waals surface area contributed by atoms with Crippen LogP contribution in [0, 0.1) is 6.92 Å². The van der Waals surface area contributed by atoms with E-state index in [1.165, 1.54) is 0 Å². The molecule has 3 heterocycles. The maximum atomic E-state index is 11.9. The predicted molar refractivity (Wildman–Crippen MR) is 92.6 cm³/mol. The fourth-order valence-electron chi connectivity index (χ4n) is 2.09. The van der Waals surface area contributed by atoms with E-state index >= 15 is 0 Å². The van der Waals surface area contributed by atoms with Gasteiger partial charge in [0, 0.05) is 41.7 Å². The van der Waals surface area contributed by atoms with Crippen molar-refractivity contribution in [1.82, 2.24) is 20.3 Å². The van der Waals surface area contributed by atoms with Gasteiger partial charge in [0.1, 0.15) is 5.01 Å². The largest absolute Gasteiger partial charge is 0.355 e. The zero-order valence-corrected chi connectivity index (χ0v) is 14.3. The van der Waals surface area contributed by atoms with Crippen LogP contribution < -0.4 is 5.32 Å². The SMILES string of the molecule is Cc1nc(CC(=O)NCCc2csc(-c3cccnc3)n2)cs1. The summed E-state index contributed by atoms with van der Waals surface area (Å²) in [6.45, 7) is 2.52. The van der Waals surface area contributed by atoms with Crippen molar-refractivity contribution < 1.29 is 4.79 Å². The summed E-state index contributed by atoms with van der Waals surface area (Å²) in [5.41, 5.74) is 2.84. The predicted octanol–water partition coefficient (Wildman–Crippen LogP) is 2.87. The molecular weight excluding hydrogens is 328 g/mol. The Balaban J connectivity index is 1.47. The molecule has 118 valence electrons. The first kappa shape index (κ1) is 15.8. The lowest BCUT2D eigenvalue weighted by Crippen LogP contribution is -2.27. The molecule has 23 heavy (non-hydrogen) atoms. The molecule has 1 N–H and O–H groups in total. The number of pyridine rings is 1. The molecule has 0 unspecified atom stereocenters. The molecule has 0 radical (unpaired) electrons. The fraction of sp³-hybridized carbons (Fsp3) is 0.250. The normalized spacial score (nSPS) is 10.7. The number of aromatic nitrogens is 3. The highest BCUT2D eigenvalue weighted by Gasteiger charge is 2.08. The maximum Gasteiger partial charge on any atom is 0.226 e. The van der Waals surface area contributed by atoms with E-state index < -0.39 is 0 Å². The molecule has 0 aliphatic carbocycles. The molecule has 0 aliphatic heterocycles. The molecule has 0 spiro atoms. The molecule has 0 saturated carbocycles. The summed E-state index contributed by atoms with van der Waals surface area (Å²) in [6.07, 6.45) is 4.61. The Kier molecular flexibility index (Phi) is 5.09. The van der Waals surface area contributed by atoms with Crippen LogP contribution in [0.25, 0.3) is 10.6 Å². The molecular formula is C16H16N4OS2. The van der Waals surface area contributed by atoms with Crippen molar-refractivity contribution in [2.24, 2.45) is 0 Å². The molecule has 3 aromatic heterocycles. The first-order chi connectivity index (χ1) is 11.2. The number of nitrogens with zero attached hydrogens (tertiary/aromatic N) is 3. The van der Waals surface area contributed by atoms with Crippen LogP contribution in [0.4, 0.5) is 0 Å². The van der Waals surface area contributed by atoms with E-state index in [9.17, 15) is 4.79 Å². The number of nitrogens with one attached hydrogen (secondary N) is 1. The molecule has 1 amide bonds. The van der Waals surface area contributed by atoms with E-state index in [4.69, 9.17) is 0 Å². The summed E-state index contributed by atoms with van der Waals surface area (Å²) in [7, 11) is 0. The summed E-state index contributed by atoms with van der Waals surface area (Å²) < 4.78 is 0. The minimum absolute atomic E-state index is 0.00184. The van der Waals surface area contributed by atoms with Gasteiger partial charge >= 0.3 is 0 Å². The number of aryl methyl sites for hydroxylation is 1. The third-order valence-corrected chi connectivity index (χ3v) is 4.93. The molecule has 0 aliphatic rings. The van der Waals surface area contributed by atoms with Gasteiger partial charge in [0.2, 0.25) is 5.91 Å². The standard InChI is InChI=1S/C16H16N4OS2/c1-11-19-14(10-22-11)7-15(21)18-6-4-13-9-23-16(20-13)12-3-2-5-17-8-12/h2-3,5,8-10H,4,6-7H2,1H3,(H,18,21). The van der Waals surface area contributed by atoms with Crippen LogP contribution in [-0.2, 0) is 17.6 Å². The average Bonchev–Trinajstić information content (AvgIpc) is 3.17. The van der Waals surface area contributed by atoms with Crippen LogP contribution in [0.2, 0.25) is 0 Å². The Morgan fingerprint density at radius 1 is 1.22 bits per heavy atom. The highest BCUT2D eigenvalue weighted by atomic mass is 32.1. The smallest absolute Gasteiger partial charge is 0.226 e. The third kappa shape index (κ3) is 4.43. The first-order valence-electron chi connectivity index (χ1n) is 7.23. The molecule has 0 fully saturated rings. The van der Waals surface area contributed by atoms with Gasteiger partial charge in [-0.15, -0.1) is 22.7 Å². The Hall–Kier alpha value is -2.12. The van der Waals surface area contributed by atoms with E-state index in [0.29, 0.717) is 13.0 Å². The Morgan fingerprint density at radius 2 is 2.09 bits per heavy atom. The lowest BCUT2D eigenvalue weighted by Gasteiger charge is -2.02. The highest BCUT2D eigenvalue weighted by Crippen LogP contribution is 2.22. The lowest BCUT2D eigenvalue weighted by atomic mass is 10.3. The van der Waals surface area contributed by atoms with Gasteiger partial charge in [0.05, 0.1) is 22.8 Å². The highest BCUT2D eigenvalue weighted by molar-refractivity contribution is 7.13. The molecule has 3 rings (SSSR count). The van der Waals surface area contributed by atoms with Crippen molar-refractivity contribution in [1.29, 1.82) is 0 Å². The van der Waals surface area contributed by atoms with Crippen molar-refractivity contribution in [3.63, 3.8) is 0 Å². The molecule has 5 nitrogen and oxygen atoms in total. The summed E-state index contributed by atoms with van der Waals surface area (Å²) in [6, 6.07) is 3.89. The zero-order valence-electron chi connectivity index (χ0n) is 12.7. The second kappa shape index (κ2) is 7.43. The Labute approximate surface area is 142 Å². The topological polar surface area (TPSA) is 67.8 Å². The minimum Gasteiger partial charge on any atom is -0.355 e. The number of carbonyl (C=O) groups is 1. The lowest BCUT2D eigenvalue weighted by molar-refractivity contribution is -0.120. The monoisotopic (exact) mass is 344 g/mol. The van der Waals surface area contributed by atoms with Gasteiger partial charge in [-0.3, -0.25) is 9.78 Å². The third-order valence-electron chi connectivity index (χ3n) is 3.17. The first-order valence-corrected chi connectivity index (χ1v) is 8.99. The average molecular weight is 344 g/mol. The maximum absolute atomic E-state index is 11.9. The van der Waals surface area contributed by atoms with E-state index in [2.05, 4.69) is 20.3 Å². The number of hydrogen-bond acceptors (Lipinski definition) is 6. The number of hydrogen-bond donors (Lipinski definition) is 1. The van der Waals surface area contributed by atoms with Crippen molar-refractivity contribution in [2.75, 3.05) is 6.54 Å². The van der Waals surface area contributed by atoms with Gasteiger partial charge in [-0.1, -0.05) is 0 Å². The summed E-state index contributed by atoms with van der Waals surface area (Å²) in [4.78, 5) is 24.8. The summed E-state index contributed by atoms with van der Waals surface area (Å²) >= 11 is 3.16. The van der Waals surface area contributed by atoms with Crippen LogP contribution in [0.3, 0.4) is 0 Å². The molecule has 0 aromatic carbocycles. The van der Waals surface area contributed by atoms with Gasteiger partial charge in [-0.25, -0.2) is 9.97 Å². The van der Waals surface area contributed by atoms with Gasteiger partial charge in [0.25, 0.3) is 0 Å². The van der Waals surface area contributed by atoms with Crippen LogP contribution in [-0.4, -0.2) is 27.4 Å². The number of carbonyl (C=O) groups excluding carboxylic acids is 1. The van der Waals surface area contributed by atoms with E-state index in [-0.39, 0.29) is 5.91 Å². The van der Waals surface area contributed by atoms with Crippen LogP contribution in [0.1, 0.15) is 16.4 Å². The Bertz CT molecular complexity index is 782. The number of rotatable bonds is 6. The number of thiazole rings is 2. The summed E-state index contributed by atoms with van der Waals surface area (Å²) in [5.74, 6) is -0.00184. The van der Waals surface area contributed by atoms with E-state index in [0.717, 1.165) is 33.4 Å². The quantitative estimate of drug-likeness (QED) is 0.746. The second-order valence-corrected chi connectivity index (χ2v) is 6.94. The van der Waals surface area contributed by atoms with Crippen LogP contribution in [0.5, 0.6) is 0 Å². The molecule has 0 atom stereocenters. The fourth-order valence-corrected chi connectivity index (χ4v) is 3.55. The van der Waals surface area contributed by atoms with Gasteiger partial charge < -0.3 is 5.32 Å². The molecule has 7 heteroatoms. The Morgan fingerprint density at radius 3 is 2.83 bits per heavy atom. The van der Waals surface area contributed by atoms with Crippen LogP contribution >= 0.6 is 22.7 Å². The second-order valence-electron chi connectivity index (χ2n) is 5.02. The van der Waals surface area contributed by atoms with Crippen molar-refractivity contribution in [3.8, 4) is 10.6 Å². The van der Waals surface area contributed by atoms with Crippen LogP contribution in [0.15, 0.2) is 35.3 Å². The summed E-state index contributed by atoms with van der Waals surface area (Å²) in [5, 5.41) is 8.81. The van der Waals surface area contributed by atoms with Crippen molar-refractivity contribution >= 4 is 28.6 Å². The van der Waals surface area contributed by atoms with E-state index in [1.807, 2.05) is 29.8 Å². The minimum atomic E-state index is -0.00184. The van der Waals surface area contributed by atoms with Gasteiger partial charge in [-0.05, 0) is 19.1 Å². The van der Waals surface area contributed by atoms with Crippen molar-refractivity contribution in [2.45, 2.75) is 19.8 Å². The number of amides is 1. The molecule has 0 bridgehead atoms. The molecule has 3 aromatic rings. The van der Waals surface area contributed by atoms with E-state index in [1.54, 1.807) is 35.1 Å². The molecule has 0 saturated heterocycles. The van der Waals surface area contributed by atoms with Gasteiger partial charge in [-0.2, -0.15) is 0 Å². The van der Waals surface area contributed by atoms with Crippen molar-refractivity contribution in [3.05, 3.63) is 51.7 Å².